The molecule has 1 aromatic carbocycles. The van der Waals surface area contributed by atoms with Gasteiger partial charge in [0, 0.05) is 0 Å². The van der Waals surface area contributed by atoms with Gasteiger partial charge in [-0.3, -0.25) is 0 Å². The van der Waals surface area contributed by atoms with Gasteiger partial charge in [-0.1, -0.05) is 12.1 Å². The molecule has 0 aliphatic heterocycles. The standard InChI is InChI=1S/C12H18O4/c1-9(14)12(7-13)16-8-10-3-5-11(15-2)6-4-10/h3-6,9,12-14H,7-8H2,1-2H3. The Kier molecular flexibility index (Phi) is 5.25. The molecule has 2 atom stereocenters. The number of aliphatic hydroxyl groups excluding tert-OH is 2. The summed E-state index contributed by atoms with van der Waals surface area (Å²) in [5, 5.41) is 18.2. The van der Waals surface area contributed by atoms with Gasteiger partial charge in [-0.15, -0.1) is 0 Å². The van der Waals surface area contributed by atoms with E-state index in [9.17, 15) is 5.11 Å². The van der Waals surface area contributed by atoms with Gasteiger partial charge in [-0.2, -0.15) is 0 Å². The predicted octanol–water partition coefficient (Wildman–Crippen LogP) is 0.953. The van der Waals surface area contributed by atoms with Crippen LogP contribution in [0.2, 0.25) is 0 Å². The van der Waals surface area contributed by atoms with E-state index in [1.807, 2.05) is 24.3 Å². The molecule has 1 aromatic rings. The average molecular weight is 226 g/mol. The maximum atomic E-state index is 9.27. The topological polar surface area (TPSA) is 58.9 Å². The highest BCUT2D eigenvalue weighted by atomic mass is 16.5. The molecule has 4 nitrogen and oxygen atoms in total. The fourth-order valence-electron chi connectivity index (χ4n) is 1.27. The number of hydrogen-bond donors (Lipinski definition) is 2. The number of methoxy groups -OCH3 is 1. The molecule has 4 heteroatoms. The van der Waals surface area contributed by atoms with Crippen molar-refractivity contribution in [2.45, 2.75) is 25.7 Å². The minimum atomic E-state index is -0.678. The molecule has 0 bridgehead atoms. The van der Waals surface area contributed by atoms with Crippen LogP contribution in [0.3, 0.4) is 0 Å². The van der Waals surface area contributed by atoms with Crippen LogP contribution in [0.25, 0.3) is 0 Å². The summed E-state index contributed by atoms with van der Waals surface area (Å²) in [6.45, 7) is 1.77. The van der Waals surface area contributed by atoms with Crippen LogP contribution in [0.4, 0.5) is 0 Å². The van der Waals surface area contributed by atoms with Crippen molar-refractivity contribution in [1.82, 2.24) is 0 Å². The summed E-state index contributed by atoms with van der Waals surface area (Å²) >= 11 is 0. The molecule has 0 fully saturated rings. The lowest BCUT2D eigenvalue weighted by atomic mass is 10.2. The Hall–Kier alpha value is -1.10. The maximum Gasteiger partial charge on any atom is 0.118 e. The van der Waals surface area contributed by atoms with E-state index < -0.39 is 12.2 Å². The first kappa shape index (κ1) is 13.0. The van der Waals surface area contributed by atoms with Gasteiger partial charge in [-0.25, -0.2) is 0 Å². The van der Waals surface area contributed by atoms with Crippen LogP contribution in [0.1, 0.15) is 12.5 Å². The lowest BCUT2D eigenvalue weighted by Crippen LogP contribution is -2.29. The maximum absolute atomic E-state index is 9.27. The Labute approximate surface area is 95.4 Å². The SMILES string of the molecule is COc1ccc(COC(CO)C(C)O)cc1. The second-order valence-corrected chi connectivity index (χ2v) is 3.62. The molecule has 0 saturated carbocycles. The highest BCUT2D eigenvalue weighted by Gasteiger charge is 2.13. The van der Waals surface area contributed by atoms with Crippen molar-refractivity contribution in [3.05, 3.63) is 29.8 Å². The summed E-state index contributed by atoms with van der Waals surface area (Å²) in [6, 6.07) is 7.45. The van der Waals surface area contributed by atoms with Crippen LogP contribution in [0, 0.1) is 0 Å². The molecule has 0 spiro atoms. The summed E-state index contributed by atoms with van der Waals surface area (Å²) in [5.41, 5.74) is 0.972. The molecule has 0 amide bonds. The molecule has 2 N–H and O–H groups in total. The zero-order chi connectivity index (χ0) is 12.0. The van der Waals surface area contributed by atoms with Crippen molar-refractivity contribution in [1.29, 1.82) is 0 Å². The number of ether oxygens (including phenoxy) is 2. The third-order valence-corrected chi connectivity index (χ3v) is 2.34. The molecule has 2 unspecified atom stereocenters. The van der Waals surface area contributed by atoms with Crippen LogP contribution in [-0.4, -0.2) is 36.1 Å². The minimum absolute atomic E-state index is 0.187. The number of aliphatic hydroxyl groups is 2. The van der Waals surface area contributed by atoms with Gasteiger partial charge in [0.1, 0.15) is 11.9 Å². The van der Waals surface area contributed by atoms with Crippen molar-refractivity contribution in [2.75, 3.05) is 13.7 Å². The van der Waals surface area contributed by atoms with Gasteiger partial charge in [0.25, 0.3) is 0 Å². The highest BCUT2D eigenvalue weighted by Crippen LogP contribution is 2.13. The van der Waals surface area contributed by atoms with Crippen LogP contribution in [0.5, 0.6) is 5.75 Å². The van der Waals surface area contributed by atoms with Crippen LogP contribution in [0.15, 0.2) is 24.3 Å². The zero-order valence-electron chi connectivity index (χ0n) is 9.59. The summed E-state index contributed by atoms with van der Waals surface area (Å²) in [6.07, 6.45) is -1.22. The van der Waals surface area contributed by atoms with Crippen LogP contribution < -0.4 is 4.74 Å². The van der Waals surface area contributed by atoms with Gasteiger partial charge in [0.15, 0.2) is 0 Å². The molecular weight excluding hydrogens is 208 g/mol. The Morgan fingerprint density at radius 1 is 1.25 bits per heavy atom. The van der Waals surface area contributed by atoms with Gasteiger partial charge >= 0.3 is 0 Å². The largest absolute Gasteiger partial charge is 0.497 e. The molecule has 0 radical (unpaired) electrons. The smallest absolute Gasteiger partial charge is 0.118 e. The molecule has 0 aliphatic rings. The molecule has 16 heavy (non-hydrogen) atoms. The van der Waals surface area contributed by atoms with E-state index in [2.05, 4.69) is 0 Å². The first-order chi connectivity index (χ1) is 7.67. The van der Waals surface area contributed by atoms with E-state index in [1.54, 1.807) is 14.0 Å². The quantitative estimate of drug-likeness (QED) is 0.758. The minimum Gasteiger partial charge on any atom is -0.497 e. The number of benzene rings is 1. The molecule has 90 valence electrons. The second kappa shape index (κ2) is 6.48. The van der Waals surface area contributed by atoms with Crippen molar-refractivity contribution >= 4 is 0 Å². The average Bonchev–Trinajstić information content (AvgIpc) is 2.30. The third kappa shape index (κ3) is 3.81. The first-order valence-corrected chi connectivity index (χ1v) is 5.21. The zero-order valence-corrected chi connectivity index (χ0v) is 9.59. The van der Waals surface area contributed by atoms with Crippen molar-refractivity contribution in [3.63, 3.8) is 0 Å². The van der Waals surface area contributed by atoms with Gasteiger partial charge in [0.05, 0.1) is 26.4 Å². The normalized spacial score (nSPS) is 14.5. The lowest BCUT2D eigenvalue weighted by molar-refractivity contribution is -0.0638. The Balaban J connectivity index is 2.47. The summed E-state index contributed by atoms with van der Waals surface area (Å²) in [5.74, 6) is 0.790. The van der Waals surface area contributed by atoms with E-state index in [0.29, 0.717) is 6.61 Å². The van der Waals surface area contributed by atoms with E-state index in [4.69, 9.17) is 14.6 Å². The lowest BCUT2D eigenvalue weighted by Gasteiger charge is -2.18. The van der Waals surface area contributed by atoms with E-state index in [-0.39, 0.29) is 6.61 Å². The van der Waals surface area contributed by atoms with Crippen molar-refractivity contribution in [2.24, 2.45) is 0 Å². The summed E-state index contributed by atoms with van der Waals surface area (Å²) < 4.78 is 10.4. The molecule has 0 aliphatic carbocycles. The van der Waals surface area contributed by atoms with E-state index >= 15 is 0 Å². The summed E-state index contributed by atoms with van der Waals surface area (Å²) in [4.78, 5) is 0. The third-order valence-electron chi connectivity index (χ3n) is 2.34. The molecule has 1 rings (SSSR count). The molecule has 0 aromatic heterocycles. The monoisotopic (exact) mass is 226 g/mol. The number of rotatable bonds is 6. The Morgan fingerprint density at radius 2 is 1.88 bits per heavy atom. The molecular formula is C12H18O4. The second-order valence-electron chi connectivity index (χ2n) is 3.62. The summed E-state index contributed by atoms with van der Waals surface area (Å²) in [7, 11) is 1.61. The molecule has 0 saturated heterocycles. The van der Waals surface area contributed by atoms with Crippen LogP contribution >= 0.6 is 0 Å². The van der Waals surface area contributed by atoms with Gasteiger partial charge in [0.2, 0.25) is 0 Å². The van der Waals surface area contributed by atoms with E-state index in [0.717, 1.165) is 11.3 Å². The predicted molar refractivity (Wildman–Crippen MR) is 60.3 cm³/mol. The fraction of sp³-hybridized carbons (Fsp3) is 0.500. The fourth-order valence-corrected chi connectivity index (χ4v) is 1.27. The Morgan fingerprint density at radius 3 is 2.31 bits per heavy atom. The van der Waals surface area contributed by atoms with Gasteiger partial charge < -0.3 is 19.7 Å². The number of hydrogen-bond acceptors (Lipinski definition) is 4. The first-order valence-electron chi connectivity index (χ1n) is 5.21. The van der Waals surface area contributed by atoms with E-state index in [1.165, 1.54) is 0 Å². The Bertz CT molecular complexity index is 294. The van der Waals surface area contributed by atoms with Gasteiger partial charge in [-0.05, 0) is 24.6 Å². The van der Waals surface area contributed by atoms with Crippen molar-refractivity contribution < 1.29 is 19.7 Å². The highest BCUT2D eigenvalue weighted by molar-refractivity contribution is 5.26. The molecule has 0 heterocycles. The van der Waals surface area contributed by atoms with Crippen molar-refractivity contribution in [3.8, 4) is 5.75 Å². The van der Waals surface area contributed by atoms with Crippen LogP contribution in [-0.2, 0) is 11.3 Å².